The van der Waals surface area contributed by atoms with Crippen molar-refractivity contribution in [3.05, 3.63) is 89.2 Å². The first kappa shape index (κ1) is 22.3. The summed E-state index contributed by atoms with van der Waals surface area (Å²) in [7, 11) is 0. The Morgan fingerprint density at radius 3 is 2.15 bits per heavy atom. The van der Waals surface area contributed by atoms with Crippen LogP contribution in [-0.2, 0) is 11.3 Å². The van der Waals surface area contributed by atoms with E-state index in [0.717, 1.165) is 16.8 Å². The molecule has 0 aliphatic carbocycles. The van der Waals surface area contributed by atoms with Crippen LogP contribution < -0.4 is 5.32 Å². The predicted molar refractivity (Wildman–Crippen MR) is 127 cm³/mol. The first-order valence-electron chi connectivity index (χ1n) is 11.1. The van der Waals surface area contributed by atoms with Crippen molar-refractivity contribution in [2.24, 2.45) is 0 Å². The number of anilines is 1. The smallest absolute Gasteiger partial charge is 0.270 e. The van der Waals surface area contributed by atoms with Gasteiger partial charge in [0.15, 0.2) is 0 Å². The Morgan fingerprint density at radius 1 is 0.788 bits per heavy atom. The maximum absolute atomic E-state index is 13.1. The van der Waals surface area contributed by atoms with E-state index in [2.05, 4.69) is 5.32 Å². The summed E-state index contributed by atoms with van der Waals surface area (Å²) >= 11 is 0. The second-order valence-corrected chi connectivity index (χ2v) is 8.27. The van der Waals surface area contributed by atoms with E-state index in [1.54, 1.807) is 44.8 Å². The molecule has 0 atom stereocenters. The lowest BCUT2D eigenvalue weighted by atomic mass is 10.1. The molecule has 170 valence electrons. The van der Waals surface area contributed by atoms with Crippen LogP contribution in [0.4, 0.5) is 5.69 Å². The number of aryl methyl sites for hydroxylation is 1. The van der Waals surface area contributed by atoms with E-state index in [1.165, 1.54) is 0 Å². The quantitative estimate of drug-likeness (QED) is 0.656. The third kappa shape index (κ3) is 4.98. The van der Waals surface area contributed by atoms with Gasteiger partial charge in [-0.2, -0.15) is 0 Å². The first-order chi connectivity index (χ1) is 15.9. The summed E-state index contributed by atoms with van der Waals surface area (Å²) in [5, 5.41) is 2.94. The maximum Gasteiger partial charge on any atom is 0.270 e. The molecule has 0 unspecified atom stereocenters. The highest BCUT2D eigenvalue weighted by atomic mass is 16.2. The summed E-state index contributed by atoms with van der Waals surface area (Å²) in [6, 6.07) is 18.5. The van der Waals surface area contributed by atoms with Gasteiger partial charge in [-0.1, -0.05) is 30.3 Å². The Bertz CT molecular complexity index is 1160. The fraction of sp³-hybridized carbons (Fsp3) is 0.269. The number of hydrogen-bond donors (Lipinski definition) is 1. The zero-order valence-corrected chi connectivity index (χ0v) is 19.0. The Labute approximate surface area is 193 Å². The zero-order chi connectivity index (χ0) is 23.4. The standard InChI is InChI=1S/C26H28N4O3/c1-19-8-6-11-22(20(19)2)27-24(31)18-30-13-7-12-23(30)26(33)29-16-14-28(15-17-29)25(32)21-9-4-3-5-10-21/h3-13H,14-18H2,1-2H3,(H,27,31). The summed E-state index contributed by atoms with van der Waals surface area (Å²) < 4.78 is 1.67. The number of nitrogens with zero attached hydrogens (tertiary/aromatic N) is 3. The summed E-state index contributed by atoms with van der Waals surface area (Å²) in [6.07, 6.45) is 1.74. The molecule has 3 aromatic rings. The third-order valence-electron chi connectivity index (χ3n) is 6.12. The summed E-state index contributed by atoms with van der Waals surface area (Å²) in [5.41, 5.74) is 4.03. The van der Waals surface area contributed by atoms with Gasteiger partial charge in [-0.05, 0) is 55.3 Å². The van der Waals surface area contributed by atoms with Gasteiger partial charge in [-0.25, -0.2) is 0 Å². The second kappa shape index (κ2) is 9.73. The SMILES string of the molecule is Cc1cccc(NC(=O)Cn2cccc2C(=O)N2CCN(C(=O)c3ccccc3)CC2)c1C. The van der Waals surface area contributed by atoms with Gasteiger partial charge >= 0.3 is 0 Å². The van der Waals surface area contributed by atoms with E-state index in [-0.39, 0.29) is 24.3 Å². The highest BCUT2D eigenvalue weighted by molar-refractivity contribution is 5.96. The highest BCUT2D eigenvalue weighted by Gasteiger charge is 2.27. The molecule has 1 aromatic heterocycles. The topological polar surface area (TPSA) is 74.7 Å². The molecule has 2 heterocycles. The van der Waals surface area contributed by atoms with Crippen LogP contribution in [0.15, 0.2) is 66.9 Å². The molecule has 2 aromatic carbocycles. The highest BCUT2D eigenvalue weighted by Crippen LogP contribution is 2.18. The van der Waals surface area contributed by atoms with Crippen LogP contribution in [-0.4, -0.2) is 58.3 Å². The largest absolute Gasteiger partial charge is 0.335 e. The fourth-order valence-corrected chi connectivity index (χ4v) is 4.02. The molecule has 33 heavy (non-hydrogen) atoms. The number of amides is 3. The molecule has 0 radical (unpaired) electrons. The van der Waals surface area contributed by atoms with Gasteiger partial charge in [-0.15, -0.1) is 0 Å². The number of rotatable bonds is 5. The molecule has 1 fully saturated rings. The lowest BCUT2D eigenvalue weighted by Gasteiger charge is -2.35. The molecular weight excluding hydrogens is 416 g/mol. The number of hydrogen-bond acceptors (Lipinski definition) is 3. The zero-order valence-electron chi connectivity index (χ0n) is 19.0. The molecule has 1 N–H and O–H groups in total. The average Bonchev–Trinajstić information content (AvgIpc) is 3.29. The van der Waals surface area contributed by atoms with E-state index in [9.17, 15) is 14.4 Å². The van der Waals surface area contributed by atoms with Crippen LogP contribution in [0.3, 0.4) is 0 Å². The van der Waals surface area contributed by atoms with Crippen molar-refractivity contribution in [3.63, 3.8) is 0 Å². The van der Waals surface area contributed by atoms with Crippen molar-refractivity contribution < 1.29 is 14.4 Å². The number of nitrogens with one attached hydrogen (secondary N) is 1. The van der Waals surface area contributed by atoms with Crippen molar-refractivity contribution >= 4 is 23.4 Å². The Hall–Kier alpha value is -3.87. The van der Waals surface area contributed by atoms with Crippen LogP contribution in [0.25, 0.3) is 0 Å². The lowest BCUT2D eigenvalue weighted by Crippen LogP contribution is -2.51. The van der Waals surface area contributed by atoms with Crippen LogP contribution >= 0.6 is 0 Å². The van der Waals surface area contributed by atoms with Gasteiger partial charge in [0.1, 0.15) is 12.2 Å². The average molecular weight is 445 g/mol. The van der Waals surface area contributed by atoms with Gasteiger partial charge in [-0.3, -0.25) is 14.4 Å². The minimum absolute atomic E-state index is 0.0193. The summed E-state index contributed by atoms with van der Waals surface area (Å²) in [4.78, 5) is 41.9. The summed E-state index contributed by atoms with van der Waals surface area (Å²) in [6.45, 7) is 5.89. The van der Waals surface area contributed by atoms with E-state index < -0.39 is 0 Å². The van der Waals surface area contributed by atoms with Gasteiger partial charge in [0.05, 0.1) is 0 Å². The van der Waals surface area contributed by atoms with Crippen molar-refractivity contribution in [3.8, 4) is 0 Å². The van der Waals surface area contributed by atoms with E-state index >= 15 is 0 Å². The first-order valence-corrected chi connectivity index (χ1v) is 11.1. The van der Waals surface area contributed by atoms with Gasteiger partial charge in [0.25, 0.3) is 11.8 Å². The molecule has 7 heteroatoms. The molecular formula is C26H28N4O3. The van der Waals surface area contributed by atoms with E-state index in [1.807, 2.05) is 50.2 Å². The van der Waals surface area contributed by atoms with Gasteiger partial charge in [0.2, 0.25) is 5.91 Å². The van der Waals surface area contributed by atoms with Crippen molar-refractivity contribution in [1.29, 1.82) is 0 Å². The van der Waals surface area contributed by atoms with E-state index in [4.69, 9.17) is 0 Å². The predicted octanol–water partition coefficient (Wildman–Crippen LogP) is 3.34. The van der Waals surface area contributed by atoms with Crippen LogP contribution in [0.2, 0.25) is 0 Å². The number of benzene rings is 2. The van der Waals surface area contributed by atoms with Gasteiger partial charge in [0, 0.05) is 43.6 Å². The minimum Gasteiger partial charge on any atom is -0.335 e. The monoisotopic (exact) mass is 444 g/mol. The van der Waals surface area contributed by atoms with Gasteiger partial charge < -0.3 is 19.7 Å². The number of piperazine rings is 1. The van der Waals surface area contributed by atoms with Crippen molar-refractivity contribution in [2.75, 3.05) is 31.5 Å². The molecule has 4 rings (SSSR count). The molecule has 0 saturated carbocycles. The van der Waals surface area contributed by atoms with Crippen molar-refractivity contribution in [1.82, 2.24) is 14.4 Å². The Kier molecular flexibility index (Phi) is 6.58. The molecule has 1 aliphatic heterocycles. The molecule has 1 saturated heterocycles. The molecule has 3 amide bonds. The molecule has 1 aliphatic rings. The lowest BCUT2D eigenvalue weighted by molar-refractivity contribution is -0.116. The number of aromatic nitrogens is 1. The Morgan fingerprint density at radius 2 is 1.45 bits per heavy atom. The number of carbonyl (C=O) groups is 3. The molecule has 7 nitrogen and oxygen atoms in total. The summed E-state index contributed by atoms with van der Waals surface area (Å²) in [5.74, 6) is -0.340. The normalized spacial score (nSPS) is 13.6. The second-order valence-electron chi connectivity index (χ2n) is 8.27. The van der Waals surface area contributed by atoms with Crippen LogP contribution in [0.1, 0.15) is 32.0 Å². The van der Waals surface area contributed by atoms with Crippen molar-refractivity contribution in [2.45, 2.75) is 20.4 Å². The third-order valence-corrected chi connectivity index (χ3v) is 6.12. The number of carbonyl (C=O) groups excluding carboxylic acids is 3. The molecule has 0 spiro atoms. The van der Waals surface area contributed by atoms with E-state index in [0.29, 0.717) is 37.4 Å². The fourth-order valence-electron chi connectivity index (χ4n) is 4.02. The Balaban J connectivity index is 1.36. The van der Waals surface area contributed by atoms with Crippen LogP contribution in [0, 0.1) is 13.8 Å². The minimum atomic E-state index is -0.188. The van der Waals surface area contributed by atoms with Crippen LogP contribution in [0.5, 0.6) is 0 Å². The maximum atomic E-state index is 13.1. The molecule has 0 bridgehead atoms.